The Labute approximate surface area is 278 Å². The maximum Gasteiger partial charge on any atom is 0.297 e. The predicted molar refractivity (Wildman–Crippen MR) is 175 cm³/mol. The van der Waals surface area contributed by atoms with Gasteiger partial charge in [0, 0.05) is 21.9 Å². The molecule has 8 rings (SSSR count). The minimum Gasteiger partial charge on any atom is -0.450 e. The molecule has 2 amide bonds. The summed E-state index contributed by atoms with van der Waals surface area (Å²) in [6.07, 6.45) is 0. The molecule has 0 bridgehead atoms. The molecule has 47 heavy (non-hydrogen) atoms. The van der Waals surface area contributed by atoms with Crippen molar-refractivity contribution in [2.24, 2.45) is 0 Å². The van der Waals surface area contributed by atoms with Gasteiger partial charge in [0.2, 0.25) is 10.9 Å². The van der Waals surface area contributed by atoms with Gasteiger partial charge < -0.3 is 9.32 Å². The van der Waals surface area contributed by atoms with Crippen LogP contribution in [0.4, 0.5) is 19.6 Å². The minimum absolute atomic E-state index is 0.0149. The van der Waals surface area contributed by atoms with E-state index in [1.165, 1.54) is 28.8 Å². The van der Waals surface area contributed by atoms with Crippen LogP contribution in [0.3, 0.4) is 0 Å². The molecule has 0 saturated carbocycles. The van der Waals surface area contributed by atoms with Crippen molar-refractivity contribution in [3.05, 3.63) is 146 Å². The molecule has 0 radical (unpaired) electrons. The normalized spacial score (nSPS) is 16.8. The average Bonchev–Trinajstić information content (AvgIpc) is 3.71. The van der Waals surface area contributed by atoms with Crippen molar-refractivity contribution < 1.29 is 22.8 Å². The van der Waals surface area contributed by atoms with E-state index in [2.05, 4.69) is 10.2 Å². The molecule has 4 aromatic carbocycles. The molecule has 2 aromatic heterocycles. The first kappa shape index (κ1) is 29.5. The molecule has 6 aromatic rings. The predicted octanol–water partition coefficient (Wildman–Crippen LogP) is 7.32. The smallest absolute Gasteiger partial charge is 0.297 e. The topological polar surface area (TPSA) is 96.6 Å². The standard InChI is InChI=1S/C34H19ClF2N4O4S2/c35-20-11-9-18(10-12-20)17-46-33-39-38-32(47-33)41-30(43)29-27(28(42)22-15-21(36)13-14-26(22)45-29)34(41)23-6-2-4-8-25(23)40(31(34)44)16-19-5-1-3-7-24(19)37/h1-15H,16-17H2. The Morgan fingerprint density at radius 2 is 1.68 bits per heavy atom. The molecule has 0 saturated heterocycles. The summed E-state index contributed by atoms with van der Waals surface area (Å²) in [6.45, 7) is -0.187. The van der Waals surface area contributed by atoms with Crippen LogP contribution in [0.5, 0.6) is 0 Å². The molecule has 4 heterocycles. The van der Waals surface area contributed by atoms with E-state index in [9.17, 15) is 23.2 Å². The van der Waals surface area contributed by atoms with Crippen LogP contribution in [0.25, 0.3) is 11.0 Å². The fourth-order valence-corrected chi connectivity index (χ4v) is 8.14. The minimum atomic E-state index is -2.09. The lowest BCUT2D eigenvalue weighted by Crippen LogP contribution is -2.53. The Morgan fingerprint density at radius 3 is 2.49 bits per heavy atom. The Bertz CT molecular complexity index is 2330. The van der Waals surface area contributed by atoms with E-state index in [1.54, 1.807) is 54.6 Å². The third-order valence-corrected chi connectivity index (χ3v) is 10.6. The van der Waals surface area contributed by atoms with Crippen molar-refractivity contribution in [2.45, 2.75) is 22.2 Å². The van der Waals surface area contributed by atoms with Crippen molar-refractivity contribution in [3.63, 3.8) is 0 Å². The van der Waals surface area contributed by atoms with Gasteiger partial charge in [-0.15, -0.1) is 10.2 Å². The van der Waals surface area contributed by atoms with Crippen molar-refractivity contribution >= 4 is 68.3 Å². The molecule has 0 N–H and O–H groups in total. The zero-order chi connectivity index (χ0) is 32.4. The van der Waals surface area contributed by atoms with Crippen molar-refractivity contribution in [3.8, 4) is 0 Å². The third-order valence-electron chi connectivity index (χ3n) is 8.24. The SMILES string of the molecule is O=C1c2oc3ccc(F)cc3c(=O)c2C2(C(=O)N(Cc3ccccc3F)c3ccccc32)N1c1nnc(SCc2ccc(Cl)cc2)s1. The van der Waals surface area contributed by atoms with E-state index in [-0.39, 0.29) is 39.5 Å². The van der Waals surface area contributed by atoms with E-state index in [1.807, 2.05) is 12.1 Å². The number of rotatable bonds is 6. The van der Waals surface area contributed by atoms with Crippen LogP contribution in [0.2, 0.25) is 5.02 Å². The number of para-hydroxylation sites is 1. The maximum atomic E-state index is 15.0. The molecule has 13 heteroatoms. The highest BCUT2D eigenvalue weighted by Gasteiger charge is 2.66. The van der Waals surface area contributed by atoms with Gasteiger partial charge in [-0.05, 0) is 48.0 Å². The van der Waals surface area contributed by atoms with Crippen LogP contribution in [-0.4, -0.2) is 22.0 Å². The van der Waals surface area contributed by atoms with E-state index in [0.29, 0.717) is 26.4 Å². The van der Waals surface area contributed by atoms with Gasteiger partial charge >= 0.3 is 0 Å². The number of hydrogen-bond donors (Lipinski definition) is 0. The lowest BCUT2D eigenvalue weighted by molar-refractivity contribution is -0.121. The summed E-state index contributed by atoms with van der Waals surface area (Å²) in [7, 11) is 0. The zero-order valence-corrected chi connectivity index (χ0v) is 26.3. The number of fused-ring (bicyclic) bond motifs is 5. The number of hydrogen-bond acceptors (Lipinski definition) is 8. The number of nitrogens with zero attached hydrogens (tertiary/aromatic N) is 4. The van der Waals surface area contributed by atoms with Crippen LogP contribution in [0.15, 0.2) is 105 Å². The first-order chi connectivity index (χ1) is 22.8. The molecule has 0 aliphatic carbocycles. The summed E-state index contributed by atoms with van der Waals surface area (Å²) in [6, 6.07) is 23.5. The van der Waals surface area contributed by atoms with Crippen molar-refractivity contribution in [1.82, 2.24) is 10.2 Å². The number of aromatic nitrogens is 2. The Balaban J connectivity index is 1.32. The first-order valence-electron chi connectivity index (χ1n) is 14.2. The summed E-state index contributed by atoms with van der Waals surface area (Å²) in [4.78, 5) is 46.2. The number of thioether (sulfide) groups is 1. The van der Waals surface area contributed by atoms with E-state index in [4.69, 9.17) is 16.0 Å². The second-order valence-electron chi connectivity index (χ2n) is 10.9. The summed E-state index contributed by atoms with van der Waals surface area (Å²) in [5.74, 6) is -2.53. The van der Waals surface area contributed by atoms with Crippen LogP contribution >= 0.6 is 34.7 Å². The van der Waals surface area contributed by atoms with Crippen LogP contribution in [0, 0.1) is 11.6 Å². The average molecular weight is 685 g/mol. The summed E-state index contributed by atoms with van der Waals surface area (Å²) in [5.41, 5.74) is -1.24. The van der Waals surface area contributed by atoms with Gasteiger partial charge in [-0.1, -0.05) is 83.2 Å². The monoisotopic (exact) mass is 684 g/mol. The van der Waals surface area contributed by atoms with Crippen LogP contribution < -0.4 is 15.2 Å². The molecule has 1 atom stereocenters. The number of halogens is 3. The van der Waals surface area contributed by atoms with E-state index in [0.717, 1.165) is 33.9 Å². The van der Waals surface area contributed by atoms with Gasteiger partial charge in [0.05, 0.1) is 23.2 Å². The lowest BCUT2D eigenvalue weighted by atomic mass is 9.84. The molecular weight excluding hydrogens is 666 g/mol. The second kappa shape index (κ2) is 11.1. The highest BCUT2D eigenvalue weighted by atomic mass is 35.5. The fraction of sp³-hybridized carbons (Fsp3) is 0.0882. The van der Waals surface area contributed by atoms with E-state index >= 15 is 0 Å². The third kappa shape index (κ3) is 4.50. The number of benzene rings is 4. The number of amides is 2. The molecule has 232 valence electrons. The van der Waals surface area contributed by atoms with Gasteiger partial charge in [0.15, 0.2) is 15.3 Å². The Hall–Kier alpha value is -4.91. The molecule has 8 nitrogen and oxygen atoms in total. The molecule has 0 fully saturated rings. The number of anilines is 2. The van der Waals surface area contributed by atoms with E-state index < -0.39 is 34.4 Å². The molecular formula is C34H19ClF2N4O4S2. The number of carbonyl (C=O) groups excluding carboxylic acids is 2. The maximum absolute atomic E-state index is 15.0. The van der Waals surface area contributed by atoms with Crippen molar-refractivity contribution in [2.75, 3.05) is 9.80 Å². The highest BCUT2D eigenvalue weighted by molar-refractivity contribution is 8.00. The first-order valence-corrected chi connectivity index (χ1v) is 16.4. The van der Waals surface area contributed by atoms with Gasteiger partial charge in [-0.2, -0.15) is 0 Å². The van der Waals surface area contributed by atoms with Crippen LogP contribution in [-0.2, 0) is 22.6 Å². The molecule has 2 aliphatic heterocycles. The molecule has 1 unspecified atom stereocenters. The fourth-order valence-electron chi connectivity index (χ4n) is 6.17. The van der Waals surface area contributed by atoms with Gasteiger partial charge in [-0.25, -0.2) is 8.78 Å². The Kier molecular flexibility index (Phi) is 6.97. The van der Waals surface area contributed by atoms with Crippen LogP contribution in [0.1, 0.15) is 32.8 Å². The zero-order valence-electron chi connectivity index (χ0n) is 23.9. The van der Waals surface area contributed by atoms with Gasteiger partial charge in [-0.3, -0.25) is 19.3 Å². The molecule has 2 aliphatic rings. The Morgan fingerprint density at radius 1 is 0.915 bits per heavy atom. The summed E-state index contributed by atoms with van der Waals surface area (Å²) < 4.78 is 35.9. The summed E-state index contributed by atoms with van der Waals surface area (Å²) >= 11 is 8.46. The number of carbonyl (C=O) groups is 2. The largest absolute Gasteiger partial charge is 0.450 e. The van der Waals surface area contributed by atoms with Gasteiger partial charge in [0.1, 0.15) is 17.2 Å². The highest BCUT2D eigenvalue weighted by Crippen LogP contribution is 2.55. The lowest BCUT2D eigenvalue weighted by Gasteiger charge is -2.32. The van der Waals surface area contributed by atoms with Crippen molar-refractivity contribution in [1.29, 1.82) is 0 Å². The molecule has 1 spiro atoms. The quantitative estimate of drug-likeness (QED) is 0.134. The van der Waals surface area contributed by atoms with Gasteiger partial charge in [0.25, 0.3) is 11.8 Å². The second-order valence-corrected chi connectivity index (χ2v) is 13.5. The summed E-state index contributed by atoms with van der Waals surface area (Å²) in [5, 5.41) is 9.13.